The zero-order valence-electron chi connectivity index (χ0n) is 9.60. The van der Waals surface area contributed by atoms with Crippen molar-refractivity contribution in [1.29, 1.82) is 0 Å². The molecule has 2 nitrogen and oxygen atoms in total. The van der Waals surface area contributed by atoms with Gasteiger partial charge in [-0.1, -0.05) is 40.8 Å². The summed E-state index contributed by atoms with van der Waals surface area (Å²) in [6.07, 6.45) is 0.735. The molecule has 0 amide bonds. The summed E-state index contributed by atoms with van der Waals surface area (Å²) in [7, 11) is -1.72. The van der Waals surface area contributed by atoms with E-state index < -0.39 is 14.0 Å². The minimum atomic E-state index is -1.72. The van der Waals surface area contributed by atoms with Gasteiger partial charge in [-0.15, -0.1) is 0 Å². The lowest BCUT2D eigenvalue weighted by molar-refractivity contribution is 0.186. The van der Waals surface area contributed by atoms with Gasteiger partial charge >= 0.3 is 0 Å². The molecule has 78 valence electrons. The normalized spacial score (nSPS) is 12.8. The van der Waals surface area contributed by atoms with E-state index in [1.165, 1.54) is 0 Å². The van der Waals surface area contributed by atoms with Crippen LogP contribution in [0.25, 0.3) is 0 Å². The van der Waals surface area contributed by atoms with E-state index >= 15 is 0 Å². The molecule has 0 unspecified atom stereocenters. The van der Waals surface area contributed by atoms with Crippen molar-refractivity contribution in [3.63, 3.8) is 0 Å². The molecule has 0 fully saturated rings. The second-order valence-electron chi connectivity index (χ2n) is 5.03. The van der Waals surface area contributed by atoms with Gasteiger partial charge in [0.2, 0.25) is 0 Å². The Morgan fingerprint density at radius 2 is 1.54 bits per heavy atom. The molecule has 0 aromatic heterocycles. The standard InChI is InChI=1S/C10H22O2Si/c1-7-8(9(11)12)13(5,6)10(2,3)4/h11-12H,7H2,1-6H3. The van der Waals surface area contributed by atoms with Crippen molar-refractivity contribution in [1.82, 2.24) is 0 Å². The average Bonchev–Trinajstić information content (AvgIpc) is 1.83. The molecule has 13 heavy (non-hydrogen) atoms. The molecule has 0 aliphatic heterocycles. The summed E-state index contributed by atoms with van der Waals surface area (Å²) in [5.74, 6) is -0.450. The van der Waals surface area contributed by atoms with Crippen LogP contribution in [0.4, 0.5) is 0 Å². The Morgan fingerprint density at radius 1 is 1.15 bits per heavy atom. The monoisotopic (exact) mass is 202 g/mol. The van der Waals surface area contributed by atoms with E-state index in [1.54, 1.807) is 0 Å². The first kappa shape index (κ1) is 12.6. The van der Waals surface area contributed by atoms with Crippen molar-refractivity contribution >= 4 is 8.07 Å². The lowest BCUT2D eigenvalue weighted by atomic mass is 10.2. The highest BCUT2D eigenvalue weighted by Crippen LogP contribution is 2.41. The van der Waals surface area contributed by atoms with Gasteiger partial charge in [0.1, 0.15) is 0 Å². The van der Waals surface area contributed by atoms with Crippen LogP contribution in [0.15, 0.2) is 11.1 Å². The summed E-state index contributed by atoms with van der Waals surface area (Å²) >= 11 is 0. The summed E-state index contributed by atoms with van der Waals surface area (Å²) < 4.78 is 0. The second kappa shape index (κ2) is 3.74. The van der Waals surface area contributed by atoms with Crippen LogP contribution >= 0.6 is 0 Å². The van der Waals surface area contributed by atoms with Gasteiger partial charge in [0.25, 0.3) is 5.95 Å². The Balaban J connectivity index is 5.15. The zero-order chi connectivity index (χ0) is 10.9. The topological polar surface area (TPSA) is 40.5 Å². The van der Waals surface area contributed by atoms with Gasteiger partial charge in [0.05, 0.1) is 8.07 Å². The van der Waals surface area contributed by atoms with Gasteiger partial charge < -0.3 is 10.2 Å². The molecule has 0 aromatic carbocycles. The van der Waals surface area contributed by atoms with E-state index in [1.807, 2.05) is 6.92 Å². The maximum Gasteiger partial charge on any atom is 0.269 e. The summed E-state index contributed by atoms with van der Waals surface area (Å²) in [5.41, 5.74) is 0. The minimum absolute atomic E-state index is 0.162. The third-order valence-corrected chi connectivity index (χ3v) is 9.09. The van der Waals surface area contributed by atoms with Crippen molar-refractivity contribution in [3.8, 4) is 0 Å². The van der Waals surface area contributed by atoms with Gasteiger partial charge in [-0.2, -0.15) is 0 Å². The first-order valence-electron chi connectivity index (χ1n) is 4.76. The van der Waals surface area contributed by atoms with Gasteiger partial charge in [-0.25, -0.2) is 0 Å². The minimum Gasteiger partial charge on any atom is -0.481 e. The van der Waals surface area contributed by atoms with Crippen molar-refractivity contribution in [2.45, 2.75) is 52.2 Å². The summed E-state index contributed by atoms with van der Waals surface area (Å²) in [4.78, 5) is 0. The third kappa shape index (κ3) is 2.50. The lowest BCUT2D eigenvalue weighted by Gasteiger charge is -2.38. The summed E-state index contributed by atoms with van der Waals surface area (Å²) in [6.45, 7) is 12.8. The SMILES string of the molecule is CCC(=C(O)O)[Si](C)(C)C(C)(C)C. The van der Waals surface area contributed by atoms with Gasteiger partial charge in [0, 0.05) is 0 Å². The highest BCUT2D eigenvalue weighted by Gasteiger charge is 2.39. The Hall–Kier alpha value is -0.443. The van der Waals surface area contributed by atoms with Crippen LogP contribution in [-0.4, -0.2) is 18.3 Å². The maximum atomic E-state index is 9.18. The van der Waals surface area contributed by atoms with Crippen LogP contribution in [0.1, 0.15) is 34.1 Å². The van der Waals surface area contributed by atoms with Crippen molar-refractivity contribution in [2.75, 3.05) is 0 Å². The Morgan fingerprint density at radius 3 is 1.62 bits per heavy atom. The predicted molar refractivity (Wildman–Crippen MR) is 59.8 cm³/mol. The Kier molecular flexibility index (Phi) is 3.61. The molecule has 0 bridgehead atoms. The quantitative estimate of drug-likeness (QED) is 0.528. The fourth-order valence-corrected chi connectivity index (χ4v) is 3.68. The Bertz CT molecular complexity index is 207. The molecule has 0 aromatic rings. The molecule has 0 heterocycles. The van der Waals surface area contributed by atoms with Crippen LogP contribution in [0, 0.1) is 0 Å². The number of aliphatic hydroxyl groups excluding tert-OH is 1. The molecular weight excluding hydrogens is 180 g/mol. The molecule has 3 heteroatoms. The molecule has 0 radical (unpaired) electrons. The molecule has 0 aliphatic carbocycles. The molecule has 0 saturated carbocycles. The van der Waals surface area contributed by atoms with Crippen LogP contribution in [0.3, 0.4) is 0 Å². The van der Waals surface area contributed by atoms with E-state index in [4.69, 9.17) is 0 Å². The molecular formula is C10H22O2Si. The second-order valence-corrected chi connectivity index (χ2v) is 10.4. The number of hydrogen-bond donors (Lipinski definition) is 2. The molecule has 0 aliphatic rings. The van der Waals surface area contributed by atoms with Crippen LogP contribution in [-0.2, 0) is 0 Å². The van der Waals surface area contributed by atoms with E-state index in [9.17, 15) is 10.2 Å². The Labute approximate surface area is 82.3 Å². The predicted octanol–water partition coefficient (Wildman–Crippen LogP) is 3.77. The zero-order valence-corrected chi connectivity index (χ0v) is 10.6. The number of rotatable bonds is 2. The fraction of sp³-hybridized carbons (Fsp3) is 0.800. The maximum absolute atomic E-state index is 9.18. The third-order valence-electron chi connectivity index (χ3n) is 3.25. The van der Waals surface area contributed by atoms with Crippen LogP contribution in [0.5, 0.6) is 0 Å². The van der Waals surface area contributed by atoms with Crippen LogP contribution in [0.2, 0.25) is 18.1 Å². The van der Waals surface area contributed by atoms with E-state index in [-0.39, 0.29) is 5.04 Å². The first-order chi connectivity index (χ1) is 5.64. The highest BCUT2D eigenvalue weighted by atomic mass is 28.3. The van der Waals surface area contributed by atoms with E-state index in [2.05, 4.69) is 33.9 Å². The van der Waals surface area contributed by atoms with Gasteiger partial charge in [-0.05, 0) is 16.7 Å². The molecule has 0 rings (SSSR count). The fourth-order valence-electron chi connectivity index (χ4n) is 1.33. The van der Waals surface area contributed by atoms with Crippen molar-refractivity contribution < 1.29 is 10.2 Å². The summed E-state index contributed by atoms with van der Waals surface area (Å²) in [5, 5.41) is 19.4. The van der Waals surface area contributed by atoms with E-state index in [0.717, 1.165) is 11.6 Å². The lowest BCUT2D eigenvalue weighted by Crippen LogP contribution is -2.40. The smallest absolute Gasteiger partial charge is 0.269 e. The first-order valence-corrected chi connectivity index (χ1v) is 7.76. The number of allylic oxidation sites excluding steroid dienone is 1. The molecule has 0 atom stereocenters. The summed E-state index contributed by atoms with van der Waals surface area (Å²) in [6, 6.07) is 0. The highest BCUT2D eigenvalue weighted by molar-refractivity contribution is 6.86. The average molecular weight is 202 g/mol. The van der Waals surface area contributed by atoms with Crippen molar-refractivity contribution in [3.05, 3.63) is 11.1 Å². The number of aliphatic hydroxyl groups is 2. The van der Waals surface area contributed by atoms with E-state index in [0.29, 0.717) is 0 Å². The number of hydrogen-bond acceptors (Lipinski definition) is 2. The van der Waals surface area contributed by atoms with Crippen LogP contribution < -0.4 is 0 Å². The molecule has 0 spiro atoms. The largest absolute Gasteiger partial charge is 0.481 e. The van der Waals surface area contributed by atoms with Gasteiger partial charge in [-0.3, -0.25) is 0 Å². The van der Waals surface area contributed by atoms with Gasteiger partial charge in [0.15, 0.2) is 0 Å². The molecule has 0 saturated heterocycles. The van der Waals surface area contributed by atoms with Crippen molar-refractivity contribution in [2.24, 2.45) is 0 Å². The molecule has 2 N–H and O–H groups in total.